The Kier molecular flexibility index (Phi) is 6.07. The quantitative estimate of drug-likeness (QED) is 0.648. The maximum Gasteiger partial charge on any atom is 0.270 e. The van der Waals surface area contributed by atoms with Gasteiger partial charge in [0.2, 0.25) is 5.95 Å². The van der Waals surface area contributed by atoms with Crippen molar-refractivity contribution in [3.8, 4) is 0 Å². The van der Waals surface area contributed by atoms with Crippen LogP contribution in [0.5, 0.6) is 0 Å². The second-order valence-corrected chi connectivity index (χ2v) is 7.12. The molecule has 1 amide bonds. The van der Waals surface area contributed by atoms with Crippen molar-refractivity contribution < 1.29 is 4.79 Å². The second-order valence-electron chi connectivity index (χ2n) is 7.12. The number of nitrogens with one attached hydrogen (secondary N) is 2. The Morgan fingerprint density at radius 3 is 2.72 bits per heavy atom. The van der Waals surface area contributed by atoms with Crippen LogP contribution in [0, 0.1) is 0 Å². The van der Waals surface area contributed by atoms with E-state index in [9.17, 15) is 4.79 Å². The highest BCUT2D eigenvalue weighted by Crippen LogP contribution is 2.13. The third kappa shape index (κ3) is 5.36. The molecule has 148 valence electrons. The molecule has 1 unspecified atom stereocenters. The summed E-state index contributed by atoms with van der Waals surface area (Å²) >= 11 is 0. The molecule has 1 aromatic carbocycles. The van der Waals surface area contributed by atoms with Crippen LogP contribution in [0.2, 0.25) is 0 Å². The number of carbonyl (C=O) groups is 1. The Hall–Kier alpha value is -3.32. The van der Waals surface area contributed by atoms with Gasteiger partial charge in [0.05, 0.1) is 0 Å². The molecule has 0 aliphatic carbocycles. The van der Waals surface area contributed by atoms with Gasteiger partial charge in [0.1, 0.15) is 5.69 Å². The first-order valence-electron chi connectivity index (χ1n) is 9.83. The van der Waals surface area contributed by atoms with E-state index < -0.39 is 0 Å². The van der Waals surface area contributed by atoms with Gasteiger partial charge in [-0.25, -0.2) is 9.97 Å². The van der Waals surface area contributed by atoms with Gasteiger partial charge < -0.3 is 15.5 Å². The first-order valence-corrected chi connectivity index (χ1v) is 9.83. The highest BCUT2D eigenvalue weighted by atomic mass is 16.2. The SMILES string of the molecule is O=C(NC1CCN(CCc2ccccc2)C1)c1ccnc(Nc2ccncc2)n1. The molecule has 3 heterocycles. The van der Waals surface area contributed by atoms with Gasteiger partial charge in [-0.05, 0) is 36.6 Å². The van der Waals surface area contributed by atoms with Gasteiger partial charge in [0.15, 0.2) is 0 Å². The van der Waals surface area contributed by atoms with E-state index >= 15 is 0 Å². The average molecular weight is 388 g/mol. The maximum atomic E-state index is 12.6. The van der Waals surface area contributed by atoms with Gasteiger partial charge in [-0.1, -0.05) is 30.3 Å². The number of anilines is 2. The number of carbonyl (C=O) groups excluding carboxylic acids is 1. The molecule has 0 radical (unpaired) electrons. The summed E-state index contributed by atoms with van der Waals surface area (Å²) in [5.74, 6) is 0.222. The molecule has 4 rings (SSSR count). The molecule has 0 bridgehead atoms. The number of hydrogen-bond donors (Lipinski definition) is 2. The lowest BCUT2D eigenvalue weighted by Gasteiger charge is -2.16. The fourth-order valence-corrected chi connectivity index (χ4v) is 3.45. The van der Waals surface area contributed by atoms with Crippen molar-refractivity contribution in [3.05, 3.63) is 78.4 Å². The van der Waals surface area contributed by atoms with Crippen LogP contribution < -0.4 is 10.6 Å². The summed E-state index contributed by atoms with van der Waals surface area (Å²) in [6.45, 7) is 2.87. The first-order chi connectivity index (χ1) is 14.3. The van der Waals surface area contributed by atoms with Crippen LogP contribution in [0.3, 0.4) is 0 Å². The van der Waals surface area contributed by atoms with E-state index in [0.717, 1.165) is 38.2 Å². The van der Waals surface area contributed by atoms with Crippen molar-refractivity contribution in [2.75, 3.05) is 25.0 Å². The van der Waals surface area contributed by atoms with Crippen LogP contribution >= 0.6 is 0 Å². The summed E-state index contributed by atoms with van der Waals surface area (Å²) in [6.07, 6.45) is 6.93. The smallest absolute Gasteiger partial charge is 0.270 e. The summed E-state index contributed by atoms with van der Waals surface area (Å²) in [4.78, 5) is 27.5. The molecule has 1 aliphatic rings. The monoisotopic (exact) mass is 388 g/mol. The van der Waals surface area contributed by atoms with E-state index in [-0.39, 0.29) is 11.9 Å². The number of aromatic nitrogens is 3. The van der Waals surface area contributed by atoms with Crippen LogP contribution in [-0.4, -0.2) is 51.4 Å². The molecule has 7 nitrogen and oxygen atoms in total. The number of benzene rings is 1. The van der Waals surface area contributed by atoms with Crippen molar-refractivity contribution in [1.29, 1.82) is 0 Å². The van der Waals surface area contributed by atoms with E-state index in [1.807, 2.05) is 18.2 Å². The number of pyridine rings is 1. The van der Waals surface area contributed by atoms with Crippen LogP contribution in [0.25, 0.3) is 0 Å². The third-order valence-electron chi connectivity index (χ3n) is 4.99. The van der Waals surface area contributed by atoms with Crippen molar-refractivity contribution >= 4 is 17.5 Å². The predicted octanol–water partition coefficient (Wildman–Crippen LogP) is 2.66. The van der Waals surface area contributed by atoms with Crippen molar-refractivity contribution in [1.82, 2.24) is 25.2 Å². The molecule has 1 fully saturated rings. The lowest BCUT2D eigenvalue weighted by molar-refractivity contribution is 0.0932. The molecule has 2 N–H and O–H groups in total. The van der Waals surface area contributed by atoms with Crippen LogP contribution in [-0.2, 0) is 6.42 Å². The molecule has 0 saturated carbocycles. The molecule has 0 spiro atoms. The van der Waals surface area contributed by atoms with Crippen molar-refractivity contribution in [2.24, 2.45) is 0 Å². The van der Waals surface area contributed by atoms with Crippen LogP contribution in [0.1, 0.15) is 22.5 Å². The van der Waals surface area contributed by atoms with Gasteiger partial charge in [0, 0.05) is 50.0 Å². The Balaban J connectivity index is 1.29. The second kappa shape index (κ2) is 9.25. The normalized spacial score (nSPS) is 16.5. The van der Waals surface area contributed by atoms with E-state index in [4.69, 9.17) is 0 Å². The number of amides is 1. The zero-order valence-corrected chi connectivity index (χ0v) is 16.2. The minimum Gasteiger partial charge on any atom is -0.347 e. The summed E-state index contributed by atoms with van der Waals surface area (Å²) in [7, 11) is 0. The molecular formula is C22H24N6O. The fourth-order valence-electron chi connectivity index (χ4n) is 3.45. The first kappa shape index (κ1) is 19.0. The Morgan fingerprint density at radius 1 is 1.07 bits per heavy atom. The molecular weight excluding hydrogens is 364 g/mol. The zero-order valence-electron chi connectivity index (χ0n) is 16.2. The van der Waals surface area contributed by atoms with Crippen molar-refractivity contribution in [2.45, 2.75) is 18.9 Å². The molecule has 1 saturated heterocycles. The van der Waals surface area contributed by atoms with E-state index in [1.54, 1.807) is 24.7 Å². The van der Waals surface area contributed by atoms with Gasteiger partial charge in [-0.15, -0.1) is 0 Å². The van der Waals surface area contributed by atoms with Gasteiger partial charge >= 0.3 is 0 Å². The Labute approximate surface area is 170 Å². The number of rotatable bonds is 7. The minimum atomic E-state index is -0.167. The van der Waals surface area contributed by atoms with Gasteiger partial charge in [-0.2, -0.15) is 0 Å². The molecule has 2 aromatic heterocycles. The lowest BCUT2D eigenvalue weighted by Crippen LogP contribution is -2.37. The molecule has 3 aromatic rings. The molecule has 29 heavy (non-hydrogen) atoms. The standard InChI is InChI=1S/C22H24N6O/c29-21(20-8-13-24-22(27-20)26-18-6-11-23-12-7-18)25-19-10-15-28(16-19)14-9-17-4-2-1-3-5-17/h1-8,11-13,19H,9-10,14-16H2,(H,25,29)(H,23,24,26,27). The zero-order chi connectivity index (χ0) is 19.9. The Morgan fingerprint density at radius 2 is 1.90 bits per heavy atom. The third-order valence-corrected chi connectivity index (χ3v) is 4.99. The molecule has 7 heteroatoms. The highest BCUT2D eigenvalue weighted by molar-refractivity contribution is 5.92. The van der Waals surface area contributed by atoms with Crippen LogP contribution in [0.15, 0.2) is 67.1 Å². The summed E-state index contributed by atoms with van der Waals surface area (Å²) in [6, 6.07) is 15.9. The van der Waals surface area contributed by atoms with Crippen LogP contribution in [0.4, 0.5) is 11.6 Å². The number of hydrogen-bond acceptors (Lipinski definition) is 6. The minimum absolute atomic E-state index is 0.143. The maximum absolute atomic E-state index is 12.6. The largest absolute Gasteiger partial charge is 0.347 e. The molecule has 1 aliphatic heterocycles. The van der Waals surface area contributed by atoms with Gasteiger partial charge in [0.25, 0.3) is 5.91 Å². The summed E-state index contributed by atoms with van der Waals surface area (Å²) in [5, 5.41) is 6.19. The van der Waals surface area contributed by atoms with E-state index in [1.165, 1.54) is 5.56 Å². The number of nitrogens with zero attached hydrogens (tertiary/aromatic N) is 4. The fraction of sp³-hybridized carbons (Fsp3) is 0.273. The summed E-state index contributed by atoms with van der Waals surface area (Å²) in [5.41, 5.74) is 2.52. The number of likely N-dealkylation sites (tertiary alicyclic amines) is 1. The summed E-state index contributed by atoms with van der Waals surface area (Å²) < 4.78 is 0. The highest BCUT2D eigenvalue weighted by Gasteiger charge is 2.24. The topological polar surface area (TPSA) is 83.0 Å². The lowest BCUT2D eigenvalue weighted by atomic mass is 10.1. The average Bonchev–Trinajstić information content (AvgIpc) is 3.21. The predicted molar refractivity (Wildman–Crippen MR) is 112 cm³/mol. The Bertz CT molecular complexity index is 934. The van der Waals surface area contributed by atoms with Gasteiger partial charge in [-0.3, -0.25) is 9.78 Å². The van der Waals surface area contributed by atoms with Crippen molar-refractivity contribution in [3.63, 3.8) is 0 Å². The van der Waals surface area contributed by atoms with E-state index in [0.29, 0.717) is 11.6 Å². The molecule has 1 atom stereocenters. The van der Waals surface area contributed by atoms with E-state index in [2.05, 4.69) is 54.8 Å².